The highest BCUT2D eigenvalue weighted by molar-refractivity contribution is 7.89. The lowest BCUT2D eigenvalue weighted by molar-refractivity contribution is -0.150. The Morgan fingerprint density at radius 1 is 1.27 bits per heavy atom. The minimum Gasteiger partial charge on any atom is -0.489 e. The Morgan fingerprint density at radius 2 is 2.03 bits per heavy atom. The SMILES string of the molecule is Cc1cc(NC(=O)c2c3c(cn2C)S(=O)(=O)N[C@@H]2CN(C(=O)C4(C)CCCO4)C[C@]2(C)CO3)ccc1F. The molecule has 1 aromatic heterocycles. The van der Waals surface area contributed by atoms with E-state index in [4.69, 9.17) is 9.47 Å². The molecule has 200 valence electrons. The Kier molecular flexibility index (Phi) is 6.12. The molecule has 2 aromatic rings. The summed E-state index contributed by atoms with van der Waals surface area (Å²) in [6.07, 6.45) is 2.74. The van der Waals surface area contributed by atoms with Crippen LogP contribution in [0.4, 0.5) is 10.1 Å². The maximum absolute atomic E-state index is 13.7. The van der Waals surface area contributed by atoms with Gasteiger partial charge < -0.3 is 24.3 Å². The third-order valence-corrected chi connectivity index (χ3v) is 9.09. The van der Waals surface area contributed by atoms with Crippen molar-refractivity contribution < 1.29 is 31.9 Å². The van der Waals surface area contributed by atoms with E-state index in [0.717, 1.165) is 6.42 Å². The molecule has 3 aliphatic heterocycles. The van der Waals surface area contributed by atoms with Crippen LogP contribution in [0, 0.1) is 18.2 Å². The first-order valence-electron chi connectivity index (χ1n) is 12.2. The maximum Gasteiger partial charge on any atom is 0.276 e. The van der Waals surface area contributed by atoms with Gasteiger partial charge in [-0.15, -0.1) is 0 Å². The molecular weight excluding hydrogens is 503 g/mol. The number of halogens is 1. The van der Waals surface area contributed by atoms with E-state index < -0.39 is 38.8 Å². The van der Waals surface area contributed by atoms with E-state index in [9.17, 15) is 22.4 Å². The van der Waals surface area contributed by atoms with Crippen LogP contribution < -0.4 is 14.8 Å². The van der Waals surface area contributed by atoms with Crippen molar-refractivity contribution in [2.45, 2.75) is 50.2 Å². The Bertz CT molecular complexity index is 1380. The van der Waals surface area contributed by atoms with Gasteiger partial charge in [0, 0.05) is 50.1 Å². The Hall–Kier alpha value is -2.96. The quantitative estimate of drug-likeness (QED) is 0.623. The summed E-state index contributed by atoms with van der Waals surface area (Å²) < 4.78 is 56.5. The molecule has 2 N–H and O–H groups in total. The smallest absolute Gasteiger partial charge is 0.276 e. The van der Waals surface area contributed by atoms with Gasteiger partial charge in [0.15, 0.2) is 11.4 Å². The number of hydrogen-bond donors (Lipinski definition) is 2. The normalized spacial score (nSPS) is 28.6. The van der Waals surface area contributed by atoms with E-state index in [1.54, 1.807) is 25.8 Å². The van der Waals surface area contributed by atoms with Crippen molar-refractivity contribution >= 4 is 27.5 Å². The zero-order chi connectivity index (χ0) is 26.8. The summed E-state index contributed by atoms with van der Waals surface area (Å²) in [6.45, 7) is 6.28. The van der Waals surface area contributed by atoms with Crippen LogP contribution in [0.5, 0.6) is 5.75 Å². The Balaban J connectivity index is 1.44. The van der Waals surface area contributed by atoms with Crippen molar-refractivity contribution in [2.24, 2.45) is 12.5 Å². The number of carbonyl (C=O) groups is 2. The number of nitrogens with zero attached hydrogens (tertiary/aromatic N) is 2. The molecule has 1 unspecified atom stereocenters. The van der Waals surface area contributed by atoms with Crippen LogP contribution in [0.15, 0.2) is 29.3 Å². The van der Waals surface area contributed by atoms with Gasteiger partial charge in [0.1, 0.15) is 16.3 Å². The molecule has 5 rings (SSSR count). The highest BCUT2D eigenvalue weighted by atomic mass is 32.2. The Labute approximate surface area is 215 Å². The summed E-state index contributed by atoms with van der Waals surface area (Å²) >= 11 is 0. The number of rotatable bonds is 3. The molecule has 0 bridgehead atoms. The van der Waals surface area contributed by atoms with Gasteiger partial charge >= 0.3 is 0 Å². The largest absolute Gasteiger partial charge is 0.489 e. The molecule has 1 aromatic carbocycles. The van der Waals surface area contributed by atoms with Crippen LogP contribution in [-0.2, 0) is 26.6 Å². The lowest BCUT2D eigenvalue weighted by atomic mass is 9.87. The van der Waals surface area contributed by atoms with Crippen LogP contribution in [0.3, 0.4) is 0 Å². The van der Waals surface area contributed by atoms with E-state index in [1.165, 1.54) is 29.0 Å². The van der Waals surface area contributed by atoms with Crippen molar-refractivity contribution in [3.8, 4) is 5.75 Å². The average molecular weight is 535 g/mol. The number of ether oxygens (including phenoxy) is 2. The zero-order valence-corrected chi connectivity index (χ0v) is 22.1. The summed E-state index contributed by atoms with van der Waals surface area (Å²) in [5, 5.41) is 2.69. The second-order valence-electron chi connectivity index (χ2n) is 10.7. The number of carbonyl (C=O) groups excluding carboxylic acids is 2. The minimum atomic E-state index is -4.09. The summed E-state index contributed by atoms with van der Waals surface area (Å²) in [7, 11) is -2.54. The topological polar surface area (TPSA) is 119 Å². The van der Waals surface area contributed by atoms with E-state index in [0.29, 0.717) is 24.3 Å². The van der Waals surface area contributed by atoms with Gasteiger partial charge in [-0.1, -0.05) is 6.92 Å². The number of aryl methyl sites for hydroxylation is 2. The molecule has 2 fully saturated rings. The van der Waals surface area contributed by atoms with Gasteiger partial charge in [0.2, 0.25) is 10.0 Å². The van der Waals surface area contributed by atoms with Crippen molar-refractivity contribution in [1.82, 2.24) is 14.2 Å². The first kappa shape index (κ1) is 25.7. The number of benzene rings is 1. The number of hydrogen-bond acceptors (Lipinski definition) is 6. The second-order valence-corrected chi connectivity index (χ2v) is 12.4. The molecule has 12 heteroatoms. The van der Waals surface area contributed by atoms with Gasteiger partial charge in [-0.25, -0.2) is 17.5 Å². The number of likely N-dealkylation sites (tertiary alicyclic amines) is 1. The number of fused-ring (bicyclic) bond motifs is 2. The molecule has 37 heavy (non-hydrogen) atoms. The standard InChI is InChI=1S/C25H31FN4O6S/c1-15-10-16(6-7-17(15)26)27-22(31)20-21-18(11-29(20)4)37(33,34)28-19-12-30(13-24(19,2)14-35-21)23(32)25(3)8-5-9-36-25/h6-7,10-11,19,28H,5,8-9,12-14H2,1-4H3,(H,27,31)/t19-,24-,25?/m1/s1. The molecule has 4 heterocycles. The minimum absolute atomic E-state index is 0.0159. The number of nitrogens with one attached hydrogen (secondary N) is 2. The molecule has 10 nitrogen and oxygen atoms in total. The van der Waals surface area contributed by atoms with E-state index in [1.807, 2.05) is 6.92 Å². The lowest BCUT2D eigenvalue weighted by Crippen LogP contribution is -2.49. The summed E-state index contributed by atoms with van der Waals surface area (Å²) in [5.74, 6) is -1.23. The van der Waals surface area contributed by atoms with Gasteiger partial charge in [-0.2, -0.15) is 0 Å². The highest BCUT2D eigenvalue weighted by Gasteiger charge is 2.52. The molecule has 3 atom stereocenters. The van der Waals surface area contributed by atoms with Crippen LogP contribution in [0.1, 0.15) is 42.7 Å². The summed E-state index contributed by atoms with van der Waals surface area (Å²) in [4.78, 5) is 28.0. The van der Waals surface area contributed by atoms with E-state index >= 15 is 0 Å². The fraction of sp³-hybridized carbons (Fsp3) is 0.520. The van der Waals surface area contributed by atoms with Gasteiger partial charge in [0.05, 0.1) is 6.61 Å². The predicted octanol–water partition coefficient (Wildman–Crippen LogP) is 2.18. The van der Waals surface area contributed by atoms with Crippen molar-refractivity contribution in [3.05, 3.63) is 41.5 Å². The molecule has 0 saturated carbocycles. The molecule has 0 spiro atoms. The summed E-state index contributed by atoms with van der Waals surface area (Å²) in [6, 6.07) is 3.58. The van der Waals surface area contributed by atoms with Crippen molar-refractivity contribution in [2.75, 3.05) is 31.6 Å². The van der Waals surface area contributed by atoms with E-state index in [2.05, 4.69) is 10.0 Å². The third kappa shape index (κ3) is 4.40. The van der Waals surface area contributed by atoms with Crippen LogP contribution in [0.25, 0.3) is 0 Å². The second kappa shape index (κ2) is 8.81. The van der Waals surface area contributed by atoms with Crippen molar-refractivity contribution in [3.63, 3.8) is 0 Å². The number of amides is 2. The first-order chi connectivity index (χ1) is 17.3. The summed E-state index contributed by atoms with van der Waals surface area (Å²) in [5.41, 5.74) is -0.913. The highest BCUT2D eigenvalue weighted by Crippen LogP contribution is 2.40. The zero-order valence-electron chi connectivity index (χ0n) is 21.3. The molecule has 0 radical (unpaired) electrons. The first-order valence-corrected chi connectivity index (χ1v) is 13.7. The fourth-order valence-corrected chi connectivity index (χ4v) is 6.94. The van der Waals surface area contributed by atoms with Crippen LogP contribution >= 0.6 is 0 Å². The van der Waals surface area contributed by atoms with Gasteiger partial charge in [-0.05, 0) is 50.5 Å². The average Bonchev–Trinajstić information content (AvgIpc) is 3.50. The number of sulfonamides is 1. The fourth-order valence-electron chi connectivity index (χ4n) is 5.38. The molecule has 3 aliphatic rings. The van der Waals surface area contributed by atoms with Gasteiger partial charge in [0.25, 0.3) is 11.8 Å². The molecular formula is C25H31FN4O6S. The predicted molar refractivity (Wildman–Crippen MR) is 132 cm³/mol. The lowest BCUT2D eigenvalue weighted by Gasteiger charge is -2.33. The number of aromatic nitrogens is 1. The van der Waals surface area contributed by atoms with Crippen molar-refractivity contribution in [1.29, 1.82) is 0 Å². The van der Waals surface area contributed by atoms with Gasteiger partial charge in [-0.3, -0.25) is 9.59 Å². The maximum atomic E-state index is 13.7. The molecule has 0 aliphatic carbocycles. The van der Waals surface area contributed by atoms with E-state index in [-0.39, 0.29) is 41.9 Å². The Morgan fingerprint density at radius 3 is 2.70 bits per heavy atom. The van der Waals surface area contributed by atoms with Crippen LogP contribution in [0.2, 0.25) is 0 Å². The molecule has 2 amide bonds. The monoisotopic (exact) mass is 534 g/mol. The third-order valence-electron chi connectivity index (χ3n) is 7.62. The molecule has 2 saturated heterocycles. The van der Waals surface area contributed by atoms with Crippen LogP contribution in [-0.4, -0.2) is 67.6 Å². The number of anilines is 1.